The molecule has 0 unspecified atom stereocenters. The third kappa shape index (κ3) is 14.0. The fraction of sp³-hybridized carbons (Fsp3) is 0.844. The van der Waals surface area contributed by atoms with Crippen molar-refractivity contribution in [2.24, 2.45) is 23.7 Å². The van der Waals surface area contributed by atoms with Crippen LogP contribution in [0.15, 0.2) is 0 Å². The van der Waals surface area contributed by atoms with Crippen LogP contribution in [0.5, 0.6) is 0 Å². The lowest BCUT2D eigenvalue weighted by molar-refractivity contribution is -0.195. The second-order valence-corrected chi connectivity index (χ2v) is 12.1. The van der Waals surface area contributed by atoms with Gasteiger partial charge in [0.15, 0.2) is 0 Å². The summed E-state index contributed by atoms with van der Waals surface area (Å²) in [5.41, 5.74) is 0. The van der Waals surface area contributed by atoms with Crippen molar-refractivity contribution in [1.82, 2.24) is 0 Å². The summed E-state index contributed by atoms with van der Waals surface area (Å²) < 4.78 is 26.8. The first-order valence-electron chi connectivity index (χ1n) is 16.2. The molecule has 0 aromatic rings. The third-order valence-electron chi connectivity index (χ3n) is 8.32. The van der Waals surface area contributed by atoms with Crippen LogP contribution in [0.25, 0.3) is 0 Å². The Morgan fingerprint density at radius 1 is 0.511 bits per heavy atom. The molecule has 15 heteroatoms. The smallest absolute Gasteiger partial charge is 0.348 e. The Bertz CT molecular complexity index is 988. The first-order valence-corrected chi connectivity index (χ1v) is 16.2. The second-order valence-electron chi connectivity index (χ2n) is 12.1. The second kappa shape index (κ2) is 21.9. The van der Waals surface area contributed by atoms with Crippen LogP contribution >= 0.6 is 0 Å². The molecule has 0 fully saturated rings. The molecule has 0 rings (SSSR count). The van der Waals surface area contributed by atoms with Crippen molar-refractivity contribution >= 4 is 29.8 Å². The van der Waals surface area contributed by atoms with Crippen LogP contribution in [-0.4, -0.2) is 117 Å². The number of aliphatic hydroxyl groups excluding tert-OH is 5. The molecule has 0 saturated heterocycles. The summed E-state index contributed by atoms with van der Waals surface area (Å²) in [5.74, 6) is -7.06. The molecule has 0 saturated carbocycles. The van der Waals surface area contributed by atoms with Gasteiger partial charge in [0.1, 0.15) is 31.0 Å². The predicted octanol–water partition coefficient (Wildman–Crippen LogP) is 0.817. The molecule has 0 aliphatic carbocycles. The molecule has 0 aromatic heterocycles. The Morgan fingerprint density at radius 3 is 1.11 bits per heavy atom. The zero-order chi connectivity index (χ0) is 36.6. The summed E-state index contributed by atoms with van der Waals surface area (Å²) in [6.45, 7) is 12.9. The number of aliphatic hydroxyl groups is 5. The van der Waals surface area contributed by atoms with Gasteiger partial charge in [0.05, 0.1) is 6.61 Å². The molecule has 47 heavy (non-hydrogen) atoms. The van der Waals surface area contributed by atoms with Gasteiger partial charge in [-0.05, 0) is 25.7 Å². The Kier molecular flexibility index (Phi) is 20.6. The lowest BCUT2D eigenvalue weighted by Crippen LogP contribution is -2.48. The molecule has 0 aromatic carbocycles. The summed E-state index contributed by atoms with van der Waals surface area (Å²) in [6.07, 6.45) is -11.8. The normalized spacial score (nSPS) is 19.2. The van der Waals surface area contributed by atoms with E-state index >= 15 is 0 Å². The molecule has 0 radical (unpaired) electrons. The van der Waals surface area contributed by atoms with E-state index in [4.69, 9.17) is 28.8 Å². The minimum atomic E-state index is -1.98. The molecule has 0 aliphatic rings. The molecule has 0 bridgehead atoms. The van der Waals surface area contributed by atoms with E-state index in [0.29, 0.717) is 25.7 Å². The van der Waals surface area contributed by atoms with Crippen molar-refractivity contribution in [3.8, 4) is 0 Å². The van der Waals surface area contributed by atoms with Gasteiger partial charge in [0, 0.05) is 30.6 Å². The van der Waals surface area contributed by atoms with Crippen LogP contribution in [0, 0.1) is 23.7 Å². The van der Waals surface area contributed by atoms with Gasteiger partial charge in [-0.3, -0.25) is 4.79 Å². The average molecular weight is 681 g/mol. The fourth-order valence-corrected chi connectivity index (χ4v) is 4.11. The lowest BCUT2D eigenvalue weighted by Gasteiger charge is -2.30. The summed E-state index contributed by atoms with van der Waals surface area (Å²) in [7, 11) is 0. The standard InChI is InChI=1S/C32H56O15/c1-10-16(5)25(29(39)43-15-22(36)24(38)23(37)21(35)14-33)45-31(41)27(18(7)12-3)47-32(42)28(19(8)13-4)46-30(40)26(17(6)11-2)44-20(9)34/h16-19,21-28,33,35-38H,10-15H2,1-9H3/t16-,17+,18-,19+,21-,22+,23-,24+,25+,26+,27+,28+/m1/s1. The minimum absolute atomic E-state index is 0.332. The van der Waals surface area contributed by atoms with Crippen LogP contribution in [0.2, 0.25) is 0 Å². The first kappa shape index (κ1) is 44.1. The third-order valence-corrected chi connectivity index (χ3v) is 8.32. The van der Waals surface area contributed by atoms with Crippen molar-refractivity contribution in [3.63, 3.8) is 0 Å². The van der Waals surface area contributed by atoms with Gasteiger partial charge >= 0.3 is 29.8 Å². The minimum Gasteiger partial charge on any atom is -0.460 e. The number of carbonyl (C=O) groups excluding carboxylic acids is 5. The van der Waals surface area contributed by atoms with Gasteiger partial charge in [-0.25, -0.2) is 19.2 Å². The van der Waals surface area contributed by atoms with Crippen molar-refractivity contribution in [2.45, 2.75) is 137 Å². The van der Waals surface area contributed by atoms with E-state index in [-0.39, 0.29) is 0 Å². The van der Waals surface area contributed by atoms with Crippen LogP contribution in [0.1, 0.15) is 88.0 Å². The Labute approximate surface area is 276 Å². The quantitative estimate of drug-likeness (QED) is 0.0787. The highest BCUT2D eigenvalue weighted by molar-refractivity contribution is 5.86. The van der Waals surface area contributed by atoms with E-state index < -0.39 is 116 Å². The van der Waals surface area contributed by atoms with Gasteiger partial charge < -0.3 is 49.2 Å². The zero-order valence-electron chi connectivity index (χ0n) is 29.0. The monoisotopic (exact) mass is 680 g/mol. The number of esters is 5. The molecular weight excluding hydrogens is 624 g/mol. The Balaban J connectivity index is 6.01. The first-order chi connectivity index (χ1) is 21.9. The van der Waals surface area contributed by atoms with E-state index in [1.807, 2.05) is 0 Å². The Hall–Kier alpha value is -2.85. The molecule has 12 atom stereocenters. The maximum Gasteiger partial charge on any atom is 0.348 e. The largest absolute Gasteiger partial charge is 0.460 e. The van der Waals surface area contributed by atoms with Gasteiger partial charge in [0.2, 0.25) is 24.4 Å². The molecule has 0 aliphatic heterocycles. The number of rotatable bonds is 22. The van der Waals surface area contributed by atoms with Crippen molar-refractivity contribution < 1.29 is 73.2 Å². The SMILES string of the molecule is CC[C@@H](C)[C@H](OC(=O)[C@@H](OC(=O)[C@@H](OC(=O)[C@@H](OC(C)=O)[C@@H](C)CC)[C@@H](C)CC)[C@H](C)CC)C(=O)OC[C@H](O)[C@H](O)[C@H](O)[C@H](O)CO. The van der Waals surface area contributed by atoms with Gasteiger partial charge in [-0.15, -0.1) is 0 Å². The number of ether oxygens (including phenoxy) is 5. The molecule has 15 nitrogen and oxygen atoms in total. The van der Waals surface area contributed by atoms with E-state index in [2.05, 4.69) is 0 Å². The maximum absolute atomic E-state index is 13.5. The van der Waals surface area contributed by atoms with Gasteiger partial charge in [-0.2, -0.15) is 0 Å². The van der Waals surface area contributed by atoms with Gasteiger partial charge in [0.25, 0.3) is 0 Å². The fourth-order valence-electron chi connectivity index (χ4n) is 4.11. The topological polar surface area (TPSA) is 233 Å². The van der Waals surface area contributed by atoms with Gasteiger partial charge in [-0.1, -0.05) is 55.4 Å². The van der Waals surface area contributed by atoms with Crippen molar-refractivity contribution in [1.29, 1.82) is 0 Å². The summed E-state index contributed by atoms with van der Waals surface area (Å²) in [6, 6.07) is 0. The van der Waals surface area contributed by atoms with Crippen LogP contribution in [0.3, 0.4) is 0 Å². The zero-order valence-corrected chi connectivity index (χ0v) is 29.0. The highest BCUT2D eigenvalue weighted by atomic mass is 16.6. The predicted molar refractivity (Wildman–Crippen MR) is 165 cm³/mol. The molecule has 0 spiro atoms. The van der Waals surface area contributed by atoms with Crippen LogP contribution < -0.4 is 0 Å². The van der Waals surface area contributed by atoms with Crippen molar-refractivity contribution in [2.75, 3.05) is 13.2 Å². The molecule has 274 valence electrons. The summed E-state index contributed by atoms with van der Waals surface area (Å²) in [5, 5.41) is 48.4. The maximum atomic E-state index is 13.5. The number of hydrogen-bond donors (Lipinski definition) is 5. The van der Waals surface area contributed by atoms with Crippen LogP contribution in [0.4, 0.5) is 0 Å². The highest BCUT2D eigenvalue weighted by Gasteiger charge is 2.41. The molecule has 0 amide bonds. The van der Waals surface area contributed by atoms with Crippen molar-refractivity contribution in [3.05, 3.63) is 0 Å². The summed E-state index contributed by atoms with van der Waals surface area (Å²) in [4.78, 5) is 64.6. The average Bonchev–Trinajstić information content (AvgIpc) is 3.06. The Morgan fingerprint density at radius 2 is 0.809 bits per heavy atom. The van der Waals surface area contributed by atoms with Crippen LogP contribution in [-0.2, 0) is 47.7 Å². The highest BCUT2D eigenvalue weighted by Crippen LogP contribution is 2.23. The molecule has 0 heterocycles. The van der Waals surface area contributed by atoms with E-state index in [9.17, 15) is 44.4 Å². The summed E-state index contributed by atoms with van der Waals surface area (Å²) >= 11 is 0. The molecule has 5 N–H and O–H groups in total. The van der Waals surface area contributed by atoms with E-state index in [0.717, 1.165) is 6.92 Å². The lowest BCUT2D eigenvalue weighted by atomic mass is 9.98. The number of hydrogen-bond acceptors (Lipinski definition) is 15. The van der Waals surface area contributed by atoms with E-state index in [1.54, 1.807) is 55.4 Å². The molecular formula is C32H56O15. The number of carbonyl (C=O) groups is 5. The van der Waals surface area contributed by atoms with E-state index in [1.165, 1.54) is 0 Å².